The molecule has 0 aromatic carbocycles. The minimum atomic E-state index is -3.87. The summed E-state index contributed by atoms with van der Waals surface area (Å²) in [6.07, 6.45) is 2.09. The summed E-state index contributed by atoms with van der Waals surface area (Å²) in [7, 11) is -3.87. The second-order valence-corrected chi connectivity index (χ2v) is 8.15. The number of nitrogens with zero attached hydrogens (tertiary/aromatic N) is 2. The van der Waals surface area contributed by atoms with E-state index in [9.17, 15) is 18.0 Å². The molecule has 1 aliphatic rings. The molecule has 1 N–H and O–H groups in total. The molecule has 23 heavy (non-hydrogen) atoms. The van der Waals surface area contributed by atoms with Crippen LogP contribution in [0.15, 0.2) is 28.2 Å². The molecule has 1 amide bonds. The molecule has 1 fully saturated rings. The van der Waals surface area contributed by atoms with Gasteiger partial charge >= 0.3 is 6.09 Å². The largest absolute Gasteiger partial charge is 0.444 e. The molecule has 0 bridgehead atoms. The molecule has 0 radical (unpaired) electrons. The fraction of sp³-hybridized carbons (Fsp3) is 0.571. The topological polar surface area (TPSA) is 99.8 Å². The predicted octanol–water partition coefficient (Wildman–Crippen LogP) is 0.616. The van der Waals surface area contributed by atoms with Crippen molar-refractivity contribution in [1.82, 2.24) is 14.2 Å². The molecule has 0 saturated carbocycles. The van der Waals surface area contributed by atoms with E-state index in [0.717, 1.165) is 0 Å². The summed E-state index contributed by atoms with van der Waals surface area (Å²) in [5.74, 6) is 0. The Bertz CT molecular complexity index is 727. The Hall–Kier alpha value is -1.87. The van der Waals surface area contributed by atoms with Crippen molar-refractivity contribution < 1.29 is 17.9 Å². The zero-order valence-electron chi connectivity index (χ0n) is 13.4. The van der Waals surface area contributed by atoms with Gasteiger partial charge < -0.3 is 14.6 Å². The number of carbonyl (C=O) groups is 1. The molecule has 0 spiro atoms. The van der Waals surface area contributed by atoms with E-state index in [2.05, 4.69) is 4.98 Å². The van der Waals surface area contributed by atoms with Gasteiger partial charge in [0.05, 0.1) is 0 Å². The number of piperazine rings is 1. The molecular weight excluding hydrogens is 322 g/mol. The molecule has 0 unspecified atom stereocenters. The highest BCUT2D eigenvalue weighted by atomic mass is 32.2. The number of rotatable bonds is 2. The second-order valence-electron chi connectivity index (χ2n) is 6.24. The van der Waals surface area contributed by atoms with E-state index < -0.39 is 27.1 Å². The average molecular weight is 343 g/mol. The summed E-state index contributed by atoms with van der Waals surface area (Å²) < 4.78 is 31.4. The summed E-state index contributed by atoms with van der Waals surface area (Å²) in [5, 5.41) is 0. The van der Waals surface area contributed by atoms with Gasteiger partial charge in [0.25, 0.3) is 0 Å². The van der Waals surface area contributed by atoms with E-state index >= 15 is 0 Å². The Labute approximate surface area is 135 Å². The minimum absolute atomic E-state index is 0.121. The maximum Gasteiger partial charge on any atom is 0.410 e. The van der Waals surface area contributed by atoms with Crippen LogP contribution in [-0.2, 0) is 14.8 Å². The fourth-order valence-corrected chi connectivity index (χ4v) is 3.64. The van der Waals surface area contributed by atoms with Crippen LogP contribution in [0, 0.1) is 0 Å². The first-order valence-electron chi connectivity index (χ1n) is 7.26. The van der Waals surface area contributed by atoms with E-state index in [1.54, 1.807) is 20.8 Å². The number of carbonyl (C=O) groups excluding carboxylic acids is 1. The van der Waals surface area contributed by atoms with Gasteiger partial charge in [-0.25, -0.2) is 13.2 Å². The molecule has 1 aromatic rings. The first-order valence-corrected chi connectivity index (χ1v) is 8.70. The molecule has 2 rings (SSSR count). The van der Waals surface area contributed by atoms with Crippen molar-refractivity contribution in [2.24, 2.45) is 0 Å². The van der Waals surface area contributed by atoms with Gasteiger partial charge in [-0.2, -0.15) is 4.31 Å². The Morgan fingerprint density at radius 2 is 1.83 bits per heavy atom. The van der Waals surface area contributed by atoms with Crippen molar-refractivity contribution in [3.05, 3.63) is 28.7 Å². The van der Waals surface area contributed by atoms with Crippen molar-refractivity contribution >= 4 is 16.1 Å². The zero-order valence-corrected chi connectivity index (χ0v) is 14.2. The third-order valence-corrected chi connectivity index (χ3v) is 5.22. The highest BCUT2D eigenvalue weighted by Crippen LogP contribution is 2.16. The number of pyridine rings is 1. The lowest BCUT2D eigenvalue weighted by Crippen LogP contribution is -2.52. The van der Waals surface area contributed by atoms with E-state index in [1.165, 1.54) is 27.7 Å². The molecular formula is C14H21N3O5S. The van der Waals surface area contributed by atoms with Crippen LogP contribution in [-0.4, -0.2) is 60.5 Å². The van der Waals surface area contributed by atoms with Gasteiger partial charge in [-0.3, -0.25) is 4.79 Å². The Morgan fingerprint density at radius 1 is 1.22 bits per heavy atom. The third-order valence-electron chi connectivity index (χ3n) is 3.30. The predicted molar refractivity (Wildman–Crippen MR) is 83.6 cm³/mol. The molecule has 128 valence electrons. The van der Waals surface area contributed by atoms with Crippen molar-refractivity contribution in [1.29, 1.82) is 0 Å². The standard InChI is InChI=1S/C14H21N3O5S/c1-14(2,3)22-13(19)16-6-8-17(9-7-16)23(20,21)12-10-15-5-4-11(12)18/h4-5,10H,6-9H2,1-3H3,(H,15,18). The number of ether oxygens (including phenoxy) is 1. The number of sulfonamides is 1. The van der Waals surface area contributed by atoms with Gasteiger partial charge in [-0.1, -0.05) is 0 Å². The minimum Gasteiger partial charge on any atom is -0.444 e. The monoisotopic (exact) mass is 343 g/mol. The van der Waals surface area contributed by atoms with E-state index in [1.807, 2.05) is 0 Å². The number of H-pyrrole nitrogens is 1. The molecule has 0 atom stereocenters. The lowest BCUT2D eigenvalue weighted by molar-refractivity contribution is 0.0192. The van der Waals surface area contributed by atoms with Gasteiger partial charge in [0.2, 0.25) is 15.5 Å². The van der Waals surface area contributed by atoms with Crippen LogP contribution in [0.1, 0.15) is 20.8 Å². The third kappa shape index (κ3) is 4.11. The van der Waals surface area contributed by atoms with Crippen LogP contribution >= 0.6 is 0 Å². The summed E-state index contributed by atoms with van der Waals surface area (Å²) in [6.45, 7) is 6.00. The highest BCUT2D eigenvalue weighted by Gasteiger charge is 2.32. The van der Waals surface area contributed by atoms with E-state index in [0.29, 0.717) is 0 Å². The van der Waals surface area contributed by atoms with Crippen molar-refractivity contribution in [2.75, 3.05) is 26.2 Å². The maximum atomic E-state index is 12.5. The molecule has 2 heterocycles. The molecule has 1 aliphatic heterocycles. The number of nitrogens with one attached hydrogen (secondary N) is 1. The summed E-state index contributed by atoms with van der Waals surface area (Å²) in [6, 6.07) is 1.17. The summed E-state index contributed by atoms with van der Waals surface area (Å²) in [5.41, 5.74) is -1.16. The van der Waals surface area contributed by atoms with Gasteiger partial charge in [-0.15, -0.1) is 0 Å². The van der Waals surface area contributed by atoms with E-state index in [4.69, 9.17) is 4.74 Å². The van der Waals surface area contributed by atoms with Crippen molar-refractivity contribution in [2.45, 2.75) is 31.3 Å². The molecule has 1 saturated heterocycles. The quantitative estimate of drug-likeness (QED) is 0.848. The molecule has 9 heteroatoms. The normalized spacial score (nSPS) is 17.1. The van der Waals surface area contributed by atoms with Crippen LogP contribution in [0.4, 0.5) is 4.79 Å². The average Bonchev–Trinajstić information content (AvgIpc) is 2.46. The fourth-order valence-electron chi connectivity index (χ4n) is 2.18. The number of hydrogen-bond acceptors (Lipinski definition) is 5. The molecule has 8 nitrogen and oxygen atoms in total. The number of aromatic nitrogens is 1. The van der Waals surface area contributed by atoms with Crippen LogP contribution in [0.2, 0.25) is 0 Å². The first kappa shape index (κ1) is 17.5. The summed E-state index contributed by atoms with van der Waals surface area (Å²) >= 11 is 0. The van der Waals surface area contributed by atoms with E-state index in [-0.39, 0.29) is 31.1 Å². The highest BCUT2D eigenvalue weighted by molar-refractivity contribution is 7.89. The Balaban J connectivity index is 2.06. The van der Waals surface area contributed by atoms with Crippen LogP contribution < -0.4 is 5.43 Å². The first-order chi connectivity index (χ1) is 10.6. The lowest BCUT2D eigenvalue weighted by atomic mass is 10.2. The number of aromatic amines is 1. The Kier molecular flexibility index (Phi) is 4.81. The van der Waals surface area contributed by atoms with Crippen molar-refractivity contribution in [3.63, 3.8) is 0 Å². The maximum absolute atomic E-state index is 12.5. The Morgan fingerprint density at radius 3 is 2.35 bits per heavy atom. The SMILES string of the molecule is CC(C)(C)OC(=O)N1CCN(S(=O)(=O)c2c[nH]ccc2=O)CC1. The summed E-state index contributed by atoms with van der Waals surface area (Å²) in [4.78, 5) is 27.5. The zero-order chi connectivity index (χ0) is 17.3. The molecule has 0 aliphatic carbocycles. The van der Waals surface area contributed by atoms with Gasteiger partial charge in [-0.05, 0) is 20.8 Å². The van der Waals surface area contributed by atoms with Gasteiger partial charge in [0.15, 0.2) is 0 Å². The van der Waals surface area contributed by atoms with Crippen LogP contribution in [0.5, 0.6) is 0 Å². The van der Waals surface area contributed by atoms with Crippen LogP contribution in [0.25, 0.3) is 0 Å². The number of amides is 1. The smallest absolute Gasteiger partial charge is 0.410 e. The molecule has 1 aromatic heterocycles. The van der Waals surface area contributed by atoms with Crippen LogP contribution in [0.3, 0.4) is 0 Å². The lowest BCUT2D eigenvalue weighted by Gasteiger charge is -2.34. The van der Waals surface area contributed by atoms with Gasteiger partial charge in [0.1, 0.15) is 10.5 Å². The second kappa shape index (κ2) is 6.32. The number of hydrogen-bond donors (Lipinski definition) is 1. The van der Waals surface area contributed by atoms with Crippen molar-refractivity contribution in [3.8, 4) is 0 Å². The van der Waals surface area contributed by atoms with Gasteiger partial charge in [0, 0.05) is 44.6 Å².